The second-order valence-electron chi connectivity index (χ2n) is 6.02. The average Bonchev–Trinajstić information content (AvgIpc) is 2.99. The zero-order valence-electron chi connectivity index (χ0n) is 11.9. The minimum Gasteiger partial charge on any atom is -0.346 e. The van der Waals surface area contributed by atoms with Gasteiger partial charge in [0, 0.05) is 19.0 Å². The topological polar surface area (TPSA) is 65.1 Å². The molecule has 2 atom stereocenters. The molecule has 3 fully saturated rings. The van der Waals surface area contributed by atoms with Gasteiger partial charge in [-0.25, -0.2) is 0 Å². The van der Waals surface area contributed by atoms with E-state index < -0.39 is 15.9 Å². The summed E-state index contributed by atoms with van der Waals surface area (Å²) in [6.45, 7) is 2.92. The van der Waals surface area contributed by atoms with Crippen LogP contribution in [0.4, 0.5) is 0 Å². The normalized spacial score (nSPS) is 34.9. The van der Waals surface area contributed by atoms with Gasteiger partial charge in [-0.05, 0) is 12.8 Å². The maximum atomic E-state index is 11.4. The third-order valence-corrected chi connectivity index (χ3v) is 5.07. The summed E-state index contributed by atoms with van der Waals surface area (Å²) in [7, 11) is -3.40. The number of hydrogen-bond acceptors (Lipinski definition) is 6. The van der Waals surface area contributed by atoms with Crippen LogP contribution in [-0.2, 0) is 23.8 Å². The molecule has 2 aliphatic heterocycles. The third kappa shape index (κ3) is 3.17. The molecular formula is C13H23NO5S. The molecule has 0 amide bonds. The van der Waals surface area contributed by atoms with Crippen molar-refractivity contribution >= 4 is 10.1 Å². The lowest BCUT2D eigenvalue weighted by Gasteiger charge is -2.37. The first-order valence-corrected chi connectivity index (χ1v) is 9.19. The summed E-state index contributed by atoms with van der Waals surface area (Å²) in [5, 5.41) is 0. The van der Waals surface area contributed by atoms with Gasteiger partial charge < -0.3 is 9.47 Å². The van der Waals surface area contributed by atoms with Gasteiger partial charge in [0.25, 0.3) is 10.1 Å². The molecule has 116 valence electrons. The van der Waals surface area contributed by atoms with Crippen LogP contribution in [0.25, 0.3) is 0 Å². The van der Waals surface area contributed by atoms with Crippen LogP contribution < -0.4 is 0 Å². The van der Waals surface area contributed by atoms with Gasteiger partial charge in [-0.3, -0.25) is 9.08 Å². The van der Waals surface area contributed by atoms with Crippen LogP contribution in [0.3, 0.4) is 0 Å². The Labute approximate surface area is 120 Å². The monoisotopic (exact) mass is 305 g/mol. The van der Waals surface area contributed by atoms with Crippen LogP contribution in [0.5, 0.6) is 0 Å². The SMILES string of the molecule is CS(=O)(=O)O[C@H]1CCCC[C@@H]1N1CCC2(C1)OCCO2. The molecular weight excluding hydrogens is 282 g/mol. The zero-order chi connectivity index (χ0) is 14.2. The Kier molecular flexibility index (Phi) is 4.07. The average molecular weight is 305 g/mol. The summed E-state index contributed by atoms with van der Waals surface area (Å²) < 4.78 is 39.6. The van der Waals surface area contributed by atoms with Crippen molar-refractivity contribution in [2.24, 2.45) is 0 Å². The molecule has 2 heterocycles. The number of hydrogen-bond donors (Lipinski definition) is 0. The van der Waals surface area contributed by atoms with Gasteiger partial charge in [-0.2, -0.15) is 8.42 Å². The van der Waals surface area contributed by atoms with Crippen LogP contribution in [0, 0.1) is 0 Å². The van der Waals surface area contributed by atoms with Crippen molar-refractivity contribution in [1.29, 1.82) is 0 Å². The number of likely N-dealkylation sites (tertiary alicyclic amines) is 1. The maximum absolute atomic E-state index is 11.4. The van der Waals surface area contributed by atoms with Crippen LogP contribution >= 0.6 is 0 Å². The van der Waals surface area contributed by atoms with Gasteiger partial charge in [0.2, 0.25) is 0 Å². The van der Waals surface area contributed by atoms with Gasteiger partial charge in [-0.1, -0.05) is 12.8 Å². The van der Waals surface area contributed by atoms with E-state index in [0.29, 0.717) is 13.2 Å². The molecule has 6 nitrogen and oxygen atoms in total. The summed E-state index contributed by atoms with van der Waals surface area (Å²) in [6.07, 6.45) is 5.71. The van der Waals surface area contributed by atoms with E-state index in [-0.39, 0.29) is 12.1 Å². The molecule has 3 aliphatic rings. The molecule has 0 radical (unpaired) electrons. The Morgan fingerprint density at radius 3 is 2.60 bits per heavy atom. The molecule has 3 rings (SSSR count). The number of rotatable bonds is 3. The van der Waals surface area contributed by atoms with Crippen molar-refractivity contribution < 1.29 is 22.1 Å². The standard InChI is InChI=1S/C13H23NO5S/c1-20(15,16)19-12-5-3-2-4-11(12)14-7-6-13(10-14)17-8-9-18-13/h11-12H,2-10H2,1H3/t11-,12-/m0/s1. The van der Waals surface area contributed by atoms with Crippen molar-refractivity contribution in [2.45, 2.75) is 50.0 Å². The molecule has 7 heteroatoms. The summed E-state index contributed by atoms with van der Waals surface area (Å²) in [5.41, 5.74) is 0. The Morgan fingerprint density at radius 2 is 1.90 bits per heavy atom. The zero-order valence-corrected chi connectivity index (χ0v) is 12.7. The highest BCUT2D eigenvalue weighted by Gasteiger charge is 2.47. The lowest BCUT2D eigenvalue weighted by Crippen LogP contribution is -2.48. The highest BCUT2D eigenvalue weighted by Crippen LogP contribution is 2.35. The summed E-state index contributed by atoms with van der Waals surface area (Å²) in [5.74, 6) is -0.451. The number of nitrogens with zero attached hydrogens (tertiary/aromatic N) is 1. The molecule has 1 aliphatic carbocycles. The Balaban J connectivity index is 1.67. The van der Waals surface area contributed by atoms with Crippen LogP contribution in [0.1, 0.15) is 32.1 Å². The van der Waals surface area contributed by atoms with Gasteiger partial charge in [0.05, 0.1) is 32.1 Å². The van der Waals surface area contributed by atoms with E-state index >= 15 is 0 Å². The fraction of sp³-hybridized carbons (Fsp3) is 1.00. The second-order valence-corrected chi connectivity index (χ2v) is 7.62. The van der Waals surface area contributed by atoms with E-state index in [1.54, 1.807) is 0 Å². The minimum atomic E-state index is -3.40. The Morgan fingerprint density at radius 1 is 1.20 bits per heavy atom. The first kappa shape index (κ1) is 14.7. The van der Waals surface area contributed by atoms with Crippen LogP contribution in [-0.4, -0.2) is 63.8 Å². The summed E-state index contributed by atoms with van der Waals surface area (Å²) in [4.78, 5) is 2.29. The molecule has 1 spiro atoms. The van der Waals surface area contributed by atoms with Gasteiger partial charge >= 0.3 is 0 Å². The van der Waals surface area contributed by atoms with Crippen molar-refractivity contribution in [2.75, 3.05) is 32.6 Å². The van der Waals surface area contributed by atoms with Gasteiger partial charge in [0.1, 0.15) is 0 Å². The van der Waals surface area contributed by atoms with E-state index in [1.807, 2.05) is 0 Å². The predicted molar refractivity (Wildman–Crippen MR) is 72.8 cm³/mol. The second kappa shape index (κ2) is 5.53. The van der Waals surface area contributed by atoms with Crippen LogP contribution in [0.2, 0.25) is 0 Å². The maximum Gasteiger partial charge on any atom is 0.264 e. The van der Waals surface area contributed by atoms with E-state index in [2.05, 4.69) is 4.90 Å². The Bertz CT molecular complexity index is 446. The first-order valence-electron chi connectivity index (χ1n) is 7.38. The van der Waals surface area contributed by atoms with Crippen molar-refractivity contribution in [3.05, 3.63) is 0 Å². The molecule has 0 aromatic rings. The quantitative estimate of drug-likeness (QED) is 0.716. The van der Waals surface area contributed by atoms with E-state index in [1.165, 1.54) is 0 Å². The van der Waals surface area contributed by atoms with E-state index in [4.69, 9.17) is 13.7 Å². The molecule has 0 N–H and O–H groups in total. The van der Waals surface area contributed by atoms with E-state index in [9.17, 15) is 8.42 Å². The van der Waals surface area contributed by atoms with Crippen LogP contribution in [0.15, 0.2) is 0 Å². The molecule has 20 heavy (non-hydrogen) atoms. The molecule has 1 saturated carbocycles. The highest BCUT2D eigenvalue weighted by atomic mass is 32.2. The Hall–Kier alpha value is -0.210. The fourth-order valence-corrected chi connectivity index (χ4v) is 4.30. The molecule has 2 saturated heterocycles. The summed E-state index contributed by atoms with van der Waals surface area (Å²) >= 11 is 0. The van der Waals surface area contributed by atoms with Crippen molar-refractivity contribution in [3.63, 3.8) is 0 Å². The molecule has 0 aromatic carbocycles. The lowest BCUT2D eigenvalue weighted by molar-refractivity contribution is -0.148. The summed E-state index contributed by atoms with van der Waals surface area (Å²) in [6, 6.07) is 0.158. The highest BCUT2D eigenvalue weighted by molar-refractivity contribution is 7.86. The molecule has 0 bridgehead atoms. The van der Waals surface area contributed by atoms with E-state index in [0.717, 1.165) is 51.4 Å². The smallest absolute Gasteiger partial charge is 0.264 e. The van der Waals surface area contributed by atoms with Gasteiger partial charge in [0.15, 0.2) is 5.79 Å². The fourth-order valence-electron chi connectivity index (χ4n) is 3.63. The van der Waals surface area contributed by atoms with Crippen molar-refractivity contribution in [3.8, 4) is 0 Å². The lowest BCUT2D eigenvalue weighted by atomic mass is 9.91. The van der Waals surface area contributed by atoms with Gasteiger partial charge in [-0.15, -0.1) is 0 Å². The largest absolute Gasteiger partial charge is 0.346 e. The third-order valence-electron chi connectivity index (χ3n) is 4.47. The predicted octanol–water partition coefficient (Wildman–Crippen LogP) is 0.723. The number of ether oxygens (including phenoxy) is 2. The molecule has 0 aromatic heterocycles. The first-order chi connectivity index (χ1) is 9.48. The van der Waals surface area contributed by atoms with Crippen molar-refractivity contribution in [1.82, 2.24) is 4.90 Å². The molecule has 0 unspecified atom stereocenters. The minimum absolute atomic E-state index is 0.158.